The summed E-state index contributed by atoms with van der Waals surface area (Å²) in [5, 5.41) is 8.37. The van der Waals surface area contributed by atoms with Crippen molar-refractivity contribution in [2.45, 2.75) is 6.54 Å². The van der Waals surface area contributed by atoms with Crippen LogP contribution in [0.15, 0.2) is 12.1 Å². The molecule has 0 radical (unpaired) electrons. The summed E-state index contributed by atoms with van der Waals surface area (Å²) in [5.41, 5.74) is 0.997. The van der Waals surface area contributed by atoms with Gasteiger partial charge >= 0.3 is 0 Å². The fourth-order valence-corrected chi connectivity index (χ4v) is 3.53. The van der Waals surface area contributed by atoms with E-state index in [2.05, 4.69) is 15.1 Å². The predicted octanol–water partition coefficient (Wildman–Crippen LogP) is 2.33. The number of nitrogens with zero attached hydrogens (tertiary/aromatic N) is 3. The van der Waals surface area contributed by atoms with Crippen LogP contribution in [-0.2, 0) is 6.54 Å². The first-order valence-electron chi connectivity index (χ1n) is 4.79. The Kier molecular flexibility index (Phi) is 4.56. The van der Waals surface area contributed by atoms with E-state index >= 15 is 0 Å². The Balaban J connectivity index is 1.92. The Hall–Kier alpha value is 0.0300. The van der Waals surface area contributed by atoms with Crippen molar-refractivity contribution < 1.29 is 0 Å². The standard InChI is InChI=1S/C9H12ClN3S2/c10-9-2-1-8(11-12-9)7-13-3-5-14-15-6-4-13/h1-2H,3-7H2. The van der Waals surface area contributed by atoms with Gasteiger partial charge in [-0.15, -0.1) is 5.10 Å². The lowest BCUT2D eigenvalue weighted by Gasteiger charge is -2.17. The van der Waals surface area contributed by atoms with Crippen LogP contribution < -0.4 is 0 Å². The molecule has 1 saturated heterocycles. The van der Waals surface area contributed by atoms with Gasteiger partial charge in [0.15, 0.2) is 5.15 Å². The molecule has 2 heterocycles. The third-order valence-electron chi connectivity index (χ3n) is 2.14. The fraction of sp³-hybridized carbons (Fsp3) is 0.556. The van der Waals surface area contributed by atoms with Gasteiger partial charge in [-0.05, 0) is 12.1 Å². The molecule has 2 rings (SSSR count). The van der Waals surface area contributed by atoms with Gasteiger partial charge < -0.3 is 0 Å². The van der Waals surface area contributed by atoms with Gasteiger partial charge in [-0.2, -0.15) is 5.10 Å². The van der Waals surface area contributed by atoms with E-state index in [1.54, 1.807) is 6.07 Å². The first-order chi connectivity index (χ1) is 7.34. The molecule has 0 aliphatic carbocycles. The minimum Gasteiger partial charge on any atom is -0.296 e. The monoisotopic (exact) mass is 261 g/mol. The van der Waals surface area contributed by atoms with Crippen molar-refractivity contribution in [3.8, 4) is 0 Å². The molecule has 3 nitrogen and oxygen atoms in total. The number of halogens is 1. The zero-order valence-corrected chi connectivity index (χ0v) is 10.6. The summed E-state index contributed by atoms with van der Waals surface area (Å²) in [6, 6.07) is 3.74. The van der Waals surface area contributed by atoms with E-state index in [-0.39, 0.29) is 0 Å². The second kappa shape index (κ2) is 5.94. The van der Waals surface area contributed by atoms with E-state index in [1.165, 1.54) is 11.5 Å². The van der Waals surface area contributed by atoms with Crippen molar-refractivity contribution in [3.05, 3.63) is 23.0 Å². The maximum Gasteiger partial charge on any atom is 0.151 e. The Morgan fingerprint density at radius 3 is 2.53 bits per heavy atom. The van der Waals surface area contributed by atoms with E-state index in [1.807, 2.05) is 27.7 Å². The Morgan fingerprint density at radius 2 is 1.93 bits per heavy atom. The molecule has 1 aromatic heterocycles. The molecule has 1 fully saturated rings. The molecule has 0 saturated carbocycles. The van der Waals surface area contributed by atoms with Crippen molar-refractivity contribution in [2.75, 3.05) is 24.6 Å². The van der Waals surface area contributed by atoms with E-state index < -0.39 is 0 Å². The van der Waals surface area contributed by atoms with Gasteiger partial charge in [0.1, 0.15) is 0 Å². The van der Waals surface area contributed by atoms with Crippen LogP contribution >= 0.6 is 33.2 Å². The molecule has 0 spiro atoms. The summed E-state index contributed by atoms with van der Waals surface area (Å²) in [7, 11) is 3.90. The lowest BCUT2D eigenvalue weighted by molar-refractivity contribution is 0.297. The number of rotatable bonds is 2. The average molecular weight is 262 g/mol. The van der Waals surface area contributed by atoms with Crippen molar-refractivity contribution in [1.29, 1.82) is 0 Å². The Bertz CT molecular complexity index is 299. The van der Waals surface area contributed by atoms with E-state index in [9.17, 15) is 0 Å². The van der Waals surface area contributed by atoms with Crippen molar-refractivity contribution in [3.63, 3.8) is 0 Å². The highest BCUT2D eigenvalue weighted by molar-refractivity contribution is 8.76. The van der Waals surface area contributed by atoms with Crippen LogP contribution in [0, 0.1) is 0 Å². The largest absolute Gasteiger partial charge is 0.296 e. The lowest BCUT2D eigenvalue weighted by Crippen LogP contribution is -2.27. The molecule has 6 heteroatoms. The van der Waals surface area contributed by atoms with Crippen molar-refractivity contribution in [1.82, 2.24) is 15.1 Å². The van der Waals surface area contributed by atoms with Gasteiger partial charge in [0.25, 0.3) is 0 Å². The van der Waals surface area contributed by atoms with Gasteiger partial charge in [0.05, 0.1) is 5.69 Å². The summed E-state index contributed by atoms with van der Waals surface area (Å²) in [6.45, 7) is 3.13. The number of hydrogen-bond acceptors (Lipinski definition) is 5. The predicted molar refractivity (Wildman–Crippen MR) is 67.2 cm³/mol. The molecular weight excluding hydrogens is 250 g/mol. The van der Waals surface area contributed by atoms with Crippen LogP contribution in [-0.4, -0.2) is 39.7 Å². The first kappa shape index (κ1) is 11.5. The molecule has 82 valence electrons. The Morgan fingerprint density at radius 1 is 1.20 bits per heavy atom. The fourth-order valence-electron chi connectivity index (χ4n) is 1.38. The van der Waals surface area contributed by atoms with Gasteiger partial charge in [0, 0.05) is 31.1 Å². The maximum atomic E-state index is 5.69. The average Bonchev–Trinajstić information content (AvgIpc) is 2.50. The van der Waals surface area contributed by atoms with Crippen molar-refractivity contribution in [2.24, 2.45) is 0 Å². The molecule has 15 heavy (non-hydrogen) atoms. The smallest absolute Gasteiger partial charge is 0.151 e. The highest BCUT2D eigenvalue weighted by atomic mass is 35.5. The zero-order chi connectivity index (χ0) is 10.5. The first-order valence-corrected chi connectivity index (χ1v) is 7.66. The molecular formula is C9H12ClN3S2. The third-order valence-corrected chi connectivity index (χ3v) is 4.70. The minimum atomic E-state index is 0.459. The van der Waals surface area contributed by atoms with Crippen LogP contribution in [0.4, 0.5) is 0 Å². The van der Waals surface area contributed by atoms with Gasteiger partial charge in [-0.3, -0.25) is 4.90 Å². The molecule has 1 aromatic rings. The summed E-state index contributed by atoms with van der Waals surface area (Å²) < 4.78 is 0. The molecule has 1 aliphatic rings. The molecule has 0 N–H and O–H groups in total. The van der Waals surface area contributed by atoms with Gasteiger partial charge in [-0.25, -0.2) is 0 Å². The van der Waals surface area contributed by atoms with Crippen LogP contribution in [0.5, 0.6) is 0 Å². The third kappa shape index (κ3) is 3.83. The van der Waals surface area contributed by atoms with Crippen LogP contribution in [0.1, 0.15) is 5.69 Å². The molecule has 0 aromatic carbocycles. The Labute approximate surface area is 102 Å². The minimum absolute atomic E-state index is 0.459. The highest BCUT2D eigenvalue weighted by Gasteiger charge is 2.10. The summed E-state index contributed by atoms with van der Waals surface area (Å²) in [6.07, 6.45) is 0. The quantitative estimate of drug-likeness (QED) is 0.763. The van der Waals surface area contributed by atoms with E-state index in [4.69, 9.17) is 11.6 Å². The summed E-state index contributed by atoms with van der Waals surface area (Å²) in [5.74, 6) is 2.37. The highest BCUT2D eigenvalue weighted by Crippen LogP contribution is 2.24. The normalized spacial score (nSPS) is 18.7. The lowest BCUT2D eigenvalue weighted by atomic mass is 10.3. The summed E-state index contributed by atoms with van der Waals surface area (Å²) in [4.78, 5) is 2.41. The van der Waals surface area contributed by atoms with E-state index in [0.29, 0.717) is 5.15 Å². The zero-order valence-electron chi connectivity index (χ0n) is 8.23. The molecule has 1 aliphatic heterocycles. The SMILES string of the molecule is Clc1ccc(CN2CCSSCC2)nn1. The molecule has 0 unspecified atom stereocenters. The van der Waals surface area contributed by atoms with Crippen LogP contribution in [0.25, 0.3) is 0 Å². The topological polar surface area (TPSA) is 29.0 Å². The second-order valence-corrected chi connectivity index (χ2v) is 6.36. The van der Waals surface area contributed by atoms with E-state index in [0.717, 1.165) is 25.3 Å². The van der Waals surface area contributed by atoms with Crippen molar-refractivity contribution >= 4 is 33.2 Å². The van der Waals surface area contributed by atoms with Gasteiger partial charge in [0.2, 0.25) is 0 Å². The molecule has 0 amide bonds. The van der Waals surface area contributed by atoms with Crippen LogP contribution in [0.3, 0.4) is 0 Å². The van der Waals surface area contributed by atoms with Crippen LogP contribution in [0.2, 0.25) is 5.15 Å². The molecule has 0 bridgehead atoms. The second-order valence-electron chi connectivity index (χ2n) is 3.27. The number of aromatic nitrogens is 2. The summed E-state index contributed by atoms with van der Waals surface area (Å²) >= 11 is 5.69. The molecule has 0 atom stereocenters. The number of hydrogen-bond donors (Lipinski definition) is 0. The maximum absolute atomic E-state index is 5.69. The van der Waals surface area contributed by atoms with Gasteiger partial charge in [-0.1, -0.05) is 33.2 Å².